The maximum Gasteiger partial charge on any atom is 0.216 e. The molecule has 0 fully saturated rings. The molecule has 0 radical (unpaired) electrons. The number of halogens is 2. The van der Waals surface area contributed by atoms with Gasteiger partial charge in [0.15, 0.2) is 11.6 Å². The summed E-state index contributed by atoms with van der Waals surface area (Å²) in [7, 11) is 0. The molecule has 0 aliphatic rings. The van der Waals surface area contributed by atoms with E-state index in [1.54, 1.807) is 0 Å². The molecule has 16 heavy (non-hydrogen) atoms. The third kappa shape index (κ3) is 2.48. The van der Waals surface area contributed by atoms with Crippen LogP contribution in [0.25, 0.3) is 0 Å². The molecule has 2 rings (SSSR count). The highest BCUT2D eigenvalue weighted by Gasteiger charge is 2.05. The highest BCUT2D eigenvalue weighted by molar-refractivity contribution is 7.98. The topological polar surface area (TPSA) is 67.6 Å². The molecule has 0 atom stereocenters. The first kappa shape index (κ1) is 10.9. The Labute approximate surface area is 94.3 Å². The summed E-state index contributed by atoms with van der Waals surface area (Å²) < 4.78 is 25.5. The highest BCUT2D eigenvalue weighted by atomic mass is 32.2. The van der Waals surface area contributed by atoms with Crippen LogP contribution in [-0.2, 0) is 5.75 Å². The monoisotopic (exact) mass is 242 g/mol. The number of nitrogens with two attached hydrogens (primary N) is 1. The fraction of sp³-hybridized carbons (Fsp3) is 0.111. The number of aromatic nitrogens is 3. The van der Waals surface area contributed by atoms with E-state index in [0.29, 0.717) is 16.5 Å². The zero-order valence-corrected chi connectivity index (χ0v) is 8.89. The lowest BCUT2D eigenvalue weighted by molar-refractivity contribution is 0.507. The van der Waals surface area contributed by atoms with E-state index in [9.17, 15) is 8.78 Å². The van der Waals surface area contributed by atoms with Crippen LogP contribution in [0, 0.1) is 11.6 Å². The van der Waals surface area contributed by atoms with E-state index < -0.39 is 11.6 Å². The fourth-order valence-electron chi connectivity index (χ4n) is 1.10. The Hall–Kier alpha value is -1.63. The molecule has 0 spiro atoms. The Balaban J connectivity index is 2.02. The normalized spacial score (nSPS) is 10.6. The number of rotatable bonds is 3. The lowest BCUT2D eigenvalue weighted by Gasteiger charge is -1.99. The zero-order chi connectivity index (χ0) is 11.5. The van der Waals surface area contributed by atoms with Crippen LogP contribution in [0.2, 0.25) is 0 Å². The Morgan fingerprint density at radius 3 is 2.75 bits per heavy atom. The second-order valence-corrected chi connectivity index (χ2v) is 3.98. The molecule has 0 aliphatic carbocycles. The molecule has 0 amide bonds. The summed E-state index contributed by atoms with van der Waals surface area (Å²) in [6.45, 7) is 0. The van der Waals surface area contributed by atoms with E-state index in [1.807, 2.05) is 0 Å². The van der Waals surface area contributed by atoms with E-state index in [2.05, 4.69) is 15.2 Å². The van der Waals surface area contributed by atoms with Crippen molar-refractivity contribution in [3.05, 3.63) is 35.4 Å². The number of thioether (sulfide) groups is 1. The van der Waals surface area contributed by atoms with E-state index >= 15 is 0 Å². The molecule has 1 aromatic carbocycles. The van der Waals surface area contributed by atoms with Gasteiger partial charge in [-0.05, 0) is 17.7 Å². The van der Waals surface area contributed by atoms with Crippen molar-refractivity contribution in [3.63, 3.8) is 0 Å². The third-order valence-electron chi connectivity index (χ3n) is 1.83. The molecule has 7 heteroatoms. The van der Waals surface area contributed by atoms with Crippen molar-refractivity contribution in [1.82, 2.24) is 15.2 Å². The molecule has 0 aliphatic heterocycles. The number of nitrogens with one attached hydrogen (secondary N) is 1. The summed E-state index contributed by atoms with van der Waals surface area (Å²) in [5, 5.41) is 6.77. The number of anilines is 1. The molecular weight excluding hydrogens is 234 g/mol. The van der Waals surface area contributed by atoms with Gasteiger partial charge in [0, 0.05) is 5.75 Å². The summed E-state index contributed by atoms with van der Waals surface area (Å²) in [5.41, 5.74) is 6.00. The predicted molar refractivity (Wildman–Crippen MR) is 56.7 cm³/mol. The SMILES string of the molecule is Nc1nc(SCc2ccc(F)c(F)c2)n[nH]1. The van der Waals surface area contributed by atoms with Crippen LogP contribution in [0.5, 0.6) is 0 Å². The highest BCUT2D eigenvalue weighted by Crippen LogP contribution is 2.20. The maximum absolute atomic E-state index is 12.9. The van der Waals surface area contributed by atoms with Crippen molar-refractivity contribution in [2.75, 3.05) is 5.73 Å². The van der Waals surface area contributed by atoms with Crippen LogP contribution < -0.4 is 5.73 Å². The predicted octanol–water partition coefficient (Wildman–Crippen LogP) is 1.96. The molecule has 0 saturated carbocycles. The van der Waals surface area contributed by atoms with Gasteiger partial charge in [-0.15, -0.1) is 5.10 Å². The van der Waals surface area contributed by atoms with Crippen molar-refractivity contribution >= 4 is 17.7 Å². The molecule has 0 saturated heterocycles. The van der Waals surface area contributed by atoms with E-state index in [4.69, 9.17) is 5.73 Å². The number of hydrogen-bond donors (Lipinski definition) is 2. The Bertz CT molecular complexity index is 500. The molecule has 0 unspecified atom stereocenters. The Kier molecular flexibility index (Phi) is 3.04. The number of aromatic amines is 1. The van der Waals surface area contributed by atoms with Crippen molar-refractivity contribution < 1.29 is 8.78 Å². The van der Waals surface area contributed by atoms with Crippen molar-refractivity contribution in [1.29, 1.82) is 0 Å². The van der Waals surface area contributed by atoms with Gasteiger partial charge in [0.1, 0.15) is 0 Å². The van der Waals surface area contributed by atoms with Gasteiger partial charge in [-0.2, -0.15) is 4.98 Å². The average molecular weight is 242 g/mol. The van der Waals surface area contributed by atoms with Crippen LogP contribution in [0.3, 0.4) is 0 Å². The van der Waals surface area contributed by atoms with Gasteiger partial charge >= 0.3 is 0 Å². The molecular formula is C9H8F2N4S. The number of nitrogens with zero attached hydrogens (tertiary/aromatic N) is 2. The second-order valence-electron chi connectivity index (χ2n) is 3.04. The van der Waals surface area contributed by atoms with Crippen LogP contribution >= 0.6 is 11.8 Å². The molecule has 0 bridgehead atoms. The molecule has 3 N–H and O–H groups in total. The Morgan fingerprint density at radius 2 is 2.12 bits per heavy atom. The Morgan fingerprint density at radius 1 is 1.31 bits per heavy atom. The summed E-state index contributed by atoms with van der Waals surface area (Å²) in [6, 6.07) is 3.76. The second kappa shape index (κ2) is 4.48. The standard InChI is InChI=1S/C9H8F2N4S/c10-6-2-1-5(3-7(6)11)4-16-9-13-8(12)14-15-9/h1-3H,4H2,(H3,12,13,14,15). The largest absolute Gasteiger partial charge is 0.368 e. The molecule has 4 nitrogen and oxygen atoms in total. The number of nitrogen functional groups attached to an aromatic ring is 1. The van der Waals surface area contributed by atoms with Crippen LogP contribution in [-0.4, -0.2) is 15.2 Å². The van der Waals surface area contributed by atoms with E-state index in [1.165, 1.54) is 17.8 Å². The van der Waals surface area contributed by atoms with E-state index in [0.717, 1.165) is 12.1 Å². The first-order valence-electron chi connectivity index (χ1n) is 4.40. The first-order valence-corrected chi connectivity index (χ1v) is 5.38. The van der Waals surface area contributed by atoms with Crippen LogP contribution in [0.4, 0.5) is 14.7 Å². The van der Waals surface area contributed by atoms with Crippen LogP contribution in [0.1, 0.15) is 5.56 Å². The van der Waals surface area contributed by atoms with Crippen molar-refractivity contribution in [3.8, 4) is 0 Å². The zero-order valence-electron chi connectivity index (χ0n) is 8.08. The summed E-state index contributed by atoms with van der Waals surface area (Å²) in [5.74, 6) is -1.02. The van der Waals surface area contributed by atoms with Gasteiger partial charge < -0.3 is 5.73 Å². The molecule has 1 heterocycles. The van der Waals surface area contributed by atoms with E-state index in [-0.39, 0.29) is 5.95 Å². The number of benzene rings is 1. The summed E-state index contributed by atoms with van der Waals surface area (Å²) >= 11 is 1.29. The van der Waals surface area contributed by atoms with Gasteiger partial charge in [-0.1, -0.05) is 17.8 Å². The molecule has 2 aromatic rings. The summed E-state index contributed by atoms with van der Waals surface area (Å²) in [4.78, 5) is 3.87. The quantitative estimate of drug-likeness (QED) is 0.807. The summed E-state index contributed by atoms with van der Waals surface area (Å²) in [6.07, 6.45) is 0. The first-order chi connectivity index (χ1) is 7.65. The van der Waals surface area contributed by atoms with Crippen molar-refractivity contribution in [2.45, 2.75) is 10.9 Å². The molecule has 1 aromatic heterocycles. The van der Waals surface area contributed by atoms with Gasteiger partial charge in [-0.3, -0.25) is 0 Å². The van der Waals surface area contributed by atoms with Gasteiger partial charge in [0.05, 0.1) is 0 Å². The van der Waals surface area contributed by atoms with Gasteiger partial charge in [0.2, 0.25) is 11.1 Å². The minimum absolute atomic E-state index is 0.229. The van der Waals surface area contributed by atoms with Crippen LogP contribution in [0.15, 0.2) is 23.4 Å². The minimum Gasteiger partial charge on any atom is -0.368 e. The molecule has 84 valence electrons. The average Bonchev–Trinajstić information content (AvgIpc) is 2.66. The van der Waals surface area contributed by atoms with Gasteiger partial charge in [0.25, 0.3) is 0 Å². The fourth-order valence-corrected chi connectivity index (χ4v) is 1.85. The number of hydrogen-bond acceptors (Lipinski definition) is 4. The minimum atomic E-state index is -0.854. The smallest absolute Gasteiger partial charge is 0.216 e. The van der Waals surface area contributed by atoms with Crippen molar-refractivity contribution in [2.24, 2.45) is 0 Å². The lowest BCUT2D eigenvalue weighted by Crippen LogP contribution is -1.88. The maximum atomic E-state index is 12.9. The van der Waals surface area contributed by atoms with Gasteiger partial charge in [-0.25, -0.2) is 13.9 Å². The number of H-pyrrole nitrogens is 1. The lowest BCUT2D eigenvalue weighted by atomic mass is 10.2. The third-order valence-corrected chi connectivity index (χ3v) is 2.75.